The molecule has 2 rings (SSSR count). The first-order chi connectivity index (χ1) is 11.5. The van der Waals surface area contributed by atoms with E-state index in [0.717, 1.165) is 5.56 Å². The molecule has 128 valence electrons. The Morgan fingerprint density at radius 1 is 1.12 bits per heavy atom. The Kier molecular flexibility index (Phi) is 6.18. The summed E-state index contributed by atoms with van der Waals surface area (Å²) in [5.74, 6) is 0.257. The number of anilines is 1. The minimum Gasteiger partial charge on any atom is -0.493 e. The molecule has 0 aliphatic heterocycles. The van der Waals surface area contributed by atoms with Crippen LogP contribution in [0.15, 0.2) is 36.4 Å². The van der Waals surface area contributed by atoms with Gasteiger partial charge in [0.25, 0.3) is 0 Å². The first kappa shape index (κ1) is 17.8. The zero-order valence-corrected chi connectivity index (χ0v) is 14.2. The van der Waals surface area contributed by atoms with Gasteiger partial charge < -0.3 is 14.8 Å². The number of aryl methyl sites for hydroxylation is 1. The molecule has 0 aliphatic rings. The van der Waals surface area contributed by atoms with Crippen molar-refractivity contribution < 1.29 is 18.7 Å². The predicted molar refractivity (Wildman–Crippen MR) is 92.0 cm³/mol. The third-order valence-electron chi connectivity index (χ3n) is 3.49. The maximum absolute atomic E-state index is 13.9. The topological polar surface area (TPSA) is 47.6 Å². The molecule has 0 atom stereocenters. The van der Waals surface area contributed by atoms with Crippen LogP contribution in [0.5, 0.6) is 11.5 Å². The van der Waals surface area contributed by atoms with Crippen LogP contribution in [0.4, 0.5) is 10.1 Å². The van der Waals surface area contributed by atoms with Crippen LogP contribution in [0.3, 0.4) is 0 Å². The van der Waals surface area contributed by atoms with Crippen LogP contribution in [-0.4, -0.2) is 12.5 Å². The molecule has 0 unspecified atom stereocenters. The highest BCUT2D eigenvalue weighted by Gasteiger charge is 2.13. The van der Waals surface area contributed by atoms with Gasteiger partial charge in [-0.1, -0.05) is 19.1 Å². The largest absolute Gasteiger partial charge is 0.493 e. The van der Waals surface area contributed by atoms with Crippen LogP contribution in [-0.2, 0) is 11.4 Å². The highest BCUT2D eigenvalue weighted by Crippen LogP contribution is 2.29. The third-order valence-corrected chi connectivity index (χ3v) is 3.49. The average Bonchev–Trinajstić information content (AvgIpc) is 2.56. The summed E-state index contributed by atoms with van der Waals surface area (Å²) < 4.78 is 25.2. The van der Waals surface area contributed by atoms with Gasteiger partial charge in [0.05, 0.1) is 17.9 Å². The lowest BCUT2D eigenvalue weighted by molar-refractivity contribution is -0.115. The standard InChI is InChI=1S/C19H22FNO3/c1-4-19(22)21-16-7-6-8-17(23-5-2)14(16)12-24-18-10-9-13(3)11-15(18)20/h6-11H,4-5,12H2,1-3H3,(H,21,22). The van der Waals surface area contributed by atoms with E-state index >= 15 is 0 Å². The molecule has 4 nitrogen and oxygen atoms in total. The van der Waals surface area contributed by atoms with E-state index in [-0.39, 0.29) is 18.3 Å². The molecule has 5 heteroatoms. The minimum atomic E-state index is -0.414. The Bertz CT molecular complexity index is 716. The van der Waals surface area contributed by atoms with Gasteiger partial charge in [-0.15, -0.1) is 0 Å². The summed E-state index contributed by atoms with van der Waals surface area (Å²) in [6, 6.07) is 10.2. The van der Waals surface area contributed by atoms with E-state index in [1.807, 2.05) is 13.8 Å². The number of halogens is 1. The Hall–Kier alpha value is -2.56. The number of hydrogen-bond donors (Lipinski definition) is 1. The molecule has 1 N–H and O–H groups in total. The van der Waals surface area contributed by atoms with E-state index in [1.54, 1.807) is 37.3 Å². The second-order valence-electron chi connectivity index (χ2n) is 5.34. The minimum absolute atomic E-state index is 0.0927. The van der Waals surface area contributed by atoms with Crippen molar-refractivity contribution in [2.24, 2.45) is 0 Å². The molecular weight excluding hydrogens is 309 g/mol. The Morgan fingerprint density at radius 2 is 1.92 bits per heavy atom. The Morgan fingerprint density at radius 3 is 2.58 bits per heavy atom. The SMILES string of the molecule is CCOc1cccc(NC(=O)CC)c1COc1ccc(C)cc1F. The molecule has 0 radical (unpaired) electrons. The lowest BCUT2D eigenvalue weighted by atomic mass is 10.1. The van der Waals surface area contributed by atoms with Crippen molar-refractivity contribution in [3.05, 3.63) is 53.3 Å². The van der Waals surface area contributed by atoms with Gasteiger partial charge in [-0.3, -0.25) is 4.79 Å². The molecule has 24 heavy (non-hydrogen) atoms. The Balaban J connectivity index is 2.26. The molecule has 0 spiro atoms. The summed E-state index contributed by atoms with van der Waals surface area (Å²) in [6.07, 6.45) is 0.367. The lowest BCUT2D eigenvalue weighted by Crippen LogP contribution is -2.13. The van der Waals surface area contributed by atoms with E-state index < -0.39 is 5.82 Å². The molecule has 2 aromatic carbocycles. The van der Waals surface area contributed by atoms with E-state index in [2.05, 4.69) is 5.32 Å². The van der Waals surface area contributed by atoms with E-state index in [1.165, 1.54) is 6.07 Å². The zero-order valence-electron chi connectivity index (χ0n) is 14.2. The van der Waals surface area contributed by atoms with Crippen molar-refractivity contribution in [3.8, 4) is 11.5 Å². The highest BCUT2D eigenvalue weighted by molar-refractivity contribution is 5.91. The second kappa shape index (κ2) is 8.34. The summed E-state index contributed by atoms with van der Waals surface area (Å²) in [4.78, 5) is 11.7. The fourth-order valence-corrected chi connectivity index (χ4v) is 2.23. The van der Waals surface area contributed by atoms with Gasteiger partial charge in [-0.2, -0.15) is 0 Å². The van der Waals surface area contributed by atoms with Crippen LogP contribution in [0.25, 0.3) is 0 Å². The summed E-state index contributed by atoms with van der Waals surface area (Å²) in [5, 5.41) is 2.83. The van der Waals surface area contributed by atoms with Gasteiger partial charge in [0.1, 0.15) is 12.4 Å². The number of ether oxygens (including phenoxy) is 2. The summed E-state index contributed by atoms with van der Waals surface area (Å²) >= 11 is 0. The fourth-order valence-electron chi connectivity index (χ4n) is 2.23. The van der Waals surface area contributed by atoms with Gasteiger partial charge in [-0.25, -0.2) is 4.39 Å². The average molecular weight is 331 g/mol. The first-order valence-corrected chi connectivity index (χ1v) is 7.98. The molecule has 0 bridgehead atoms. The van der Waals surface area contributed by atoms with Crippen molar-refractivity contribution in [1.29, 1.82) is 0 Å². The normalized spacial score (nSPS) is 10.3. The van der Waals surface area contributed by atoms with Crippen LogP contribution in [0.1, 0.15) is 31.4 Å². The van der Waals surface area contributed by atoms with Gasteiger partial charge in [0, 0.05) is 6.42 Å². The summed E-state index contributed by atoms with van der Waals surface area (Å²) in [6.45, 7) is 6.04. The molecular formula is C19H22FNO3. The lowest BCUT2D eigenvalue weighted by Gasteiger charge is -2.16. The number of hydrogen-bond acceptors (Lipinski definition) is 3. The zero-order chi connectivity index (χ0) is 17.5. The number of rotatable bonds is 7. The van der Waals surface area contributed by atoms with E-state index in [0.29, 0.717) is 30.0 Å². The third kappa shape index (κ3) is 4.47. The molecule has 0 heterocycles. The molecule has 0 aliphatic carbocycles. The maximum Gasteiger partial charge on any atom is 0.224 e. The highest BCUT2D eigenvalue weighted by atomic mass is 19.1. The van der Waals surface area contributed by atoms with Gasteiger partial charge in [0.2, 0.25) is 5.91 Å². The molecule has 0 fully saturated rings. The monoisotopic (exact) mass is 331 g/mol. The smallest absolute Gasteiger partial charge is 0.224 e. The van der Waals surface area contributed by atoms with Crippen molar-refractivity contribution in [2.75, 3.05) is 11.9 Å². The van der Waals surface area contributed by atoms with Crippen molar-refractivity contribution in [3.63, 3.8) is 0 Å². The molecule has 0 saturated carbocycles. The van der Waals surface area contributed by atoms with Crippen molar-refractivity contribution >= 4 is 11.6 Å². The number of amides is 1. The predicted octanol–water partition coefficient (Wildman–Crippen LogP) is 4.46. The molecule has 0 saturated heterocycles. The van der Waals surface area contributed by atoms with Gasteiger partial charge in [0.15, 0.2) is 11.6 Å². The van der Waals surface area contributed by atoms with E-state index in [4.69, 9.17) is 9.47 Å². The van der Waals surface area contributed by atoms with Crippen LogP contribution in [0.2, 0.25) is 0 Å². The Labute approximate surface area is 141 Å². The van der Waals surface area contributed by atoms with Crippen LogP contribution in [0, 0.1) is 12.7 Å². The van der Waals surface area contributed by atoms with E-state index in [9.17, 15) is 9.18 Å². The fraction of sp³-hybridized carbons (Fsp3) is 0.316. The van der Waals surface area contributed by atoms with Crippen LogP contribution < -0.4 is 14.8 Å². The van der Waals surface area contributed by atoms with Crippen LogP contribution >= 0.6 is 0 Å². The van der Waals surface area contributed by atoms with Gasteiger partial charge in [-0.05, 0) is 43.7 Å². The molecule has 1 amide bonds. The number of carbonyl (C=O) groups excluding carboxylic acids is 1. The summed E-state index contributed by atoms with van der Waals surface area (Å²) in [7, 11) is 0. The molecule has 0 aromatic heterocycles. The summed E-state index contributed by atoms with van der Waals surface area (Å²) in [5.41, 5.74) is 2.12. The number of benzene rings is 2. The number of nitrogens with one attached hydrogen (secondary N) is 1. The number of carbonyl (C=O) groups is 1. The quantitative estimate of drug-likeness (QED) is 0.815. The van der Waals surface area contributed by atoms with Crippen molar-refractivity contribution in [1.82, 2.24) is 0 Å². The second-order valence-corrected chi connectivity index (χ2v) is 5.34. The molecule has 2 aromatic rings. The van der Waals surface area contributed by atoms with Crippen molar-refractivity contribution in [2.45, 2.75) is 33.8 Å². The van der Waals surface area contributed by atoms with Gasteiger partial charge >= 0.3 is 0 Å². The first-order valence-electron chi connectivity index (χ1n) is 7.98. The maximum atomic E-state index is 13.9.